The van der Waals surface area contributed by atoms with Crippen LogP contribution in [0.4, 0.5) is 5.69 Å². The van der Waals surface area contributed by atoms with E-state index in [4.69, 9.17) is 0 Å². The van der Waals surface area contributed by atoms with Crippen LogP contribution in [0.5, 0.6) is 0 Å². The molecule has 0 saturated carbocycles. The van der Waals surface area contributed by atoms with Crippen molar-refractivity contribution < 1.29 is 9.59 Å². The third-order valence-electron chi connectivity index (χ3n) is 1.21. The van der Waals surface area contributed by atoms with E-state index in [9.17, 15) is 9.59 Å². The van der Waals surface area contributed by atoms with E-state index in [-0.39, 0.29) is 18.1 Å². The molecule has 0 fully saturated rings. The molecular weight excluding hydrogens is 174 g/mol. The summed E-state index contributed by atoms with van der Waals surface area (Å²) in [6.07, 6.45) is -0.0458. The Morgan fingerprint density at radius 2 is 2.33 bits per heavy atom. The van der Waals surface area contributed by atoms with Gasteiger partial charge in [-0.2, -0.15) is 11.3 Å². The highest BCUT2D eigenvalue weighted by Gasteiger charge is 2.04. The highest BCUT2D eigenvalue weighted by molar-refractivity contribution is 7.08. The van der Waals surface area contributed by atoms with Crippen molar-refractivity contribution >= 4 is 28.7 Å². The first-order valence-electron chi connectivity index (χ1n) is 3.50. The number of carbonyl (C=O) groups excluding carboxylic acids is 2. The topological polar surface area (TPSA) is 46.2 Å². The van der Waals surface area contributed by atoms with Crippen molar-refractivity contribution in [2.45, 2.75) is 13.3 Å². The zero-order chi connectivity index (χ0) is 8.97. The summed E-state index contributed by atoms with van der Waals surface area (Å²) in [5.74, 6) is -0.372. The van der Waals surface area contributed by atoms with Crippen LogP contribution < -0.4 is 5.32 Å². The SMILES string of the molecule is CC(=O)CC(=O)Nc1ccsc1. The van der Waals surface area contributed by atoms with E-state index >= 15 is 0 Å². The van der Waals surface area contributed by atoms with Crippen LogP contribution in [-0.4, -0.2) is 11.7 Å². The van der Waals surface area contributed by atoms with Gasteiger partial charge in [0.2, 0.25) is 5.91 Å². The van der Waals surface area contributed by atoms with Crippen LogP contribution in [0.15, 0.2) is 16.8 Å². The molecule has 0 unspecified atom stereocenters. The number of anilines is 1. The minimum absolute atomic E-state index is 0.0458. The first-order valence-corrected chi connectivity index (χ1v) is 4.44. The molecule has 0 radical (unpaired) electrons. The Kier molecular flexibility index (Phi) is 2.99. The number of ketones is 1. The van der Waals surface area contributed by atoms with Gasteiger partial charge in [-0.25, -0.2) is 0 Å². The summed E-state index contributed by atoms with van der Waals surface area (Å²) in [7, 11) is 0. The van der Waals surface area contributed by atoms with E-state index in [1.54, 1.807) is 6.07 Å². The molecule has 1 N–H and O–H groups in total. The lowest BCUT2D eigenvalue weighted by Gasteiger charge is -1.98. The average Bonchev–Trinajstić information content (AvgIpc) is 2.37. The second kappa shape index (κ2) is 4.01. The van der Waals surface area contributed by atoms with Crippen LogP contribution in [0.25, 0.3) is 0 Å². The van der Waals surface area contributed by atoms with Gasteiger partial charge in [-0.15, -0.1) is 0 Å². The number of Topliss-reactive ketones (excluding diaryl/α,β-unsaturated/α-hetero) is 1. The quantitative estimate of drug-likeness (QED) is 0.724. The normalized spacial score (nSPS) is 9.42. The molecule has 1 aromatic rings. The van der Waals surface area contributed by atoms with Crippen molar-refractivity contribution in [3.05, 3.63) is 16.8 Å². The van der Waals surface area contributed by atoms with E-state index in [0.717, 1.165) is 5.69 Å². The minimum Gasteiger partial charge on any atom is -0.325 e. The van der Waals surface area contributed by atoms with Crippen molar-refractivity contribution in [2.75, 3.05) is 5.32 Å². The average molecular weight is 183 g/mol. The van der Waals surface area contributed by atoms with Crippen LogP contribution in [0, 0.1) is 0 Å². The van der Waals surface area contributed by atoms with Gasteiger partial charge in [0, 0.05) is 5.38 Å². The molecule has 0 spiro atoms. The fourth-order valence-electron chi connectivity index (χ4n) is 0.767. The summed E-state index contributed by atoms with van der Waals surface area (Å²) in [5, 5.41) is 6.29. The maximum atomic E-state index is 11.0. The van der Waals surface area contributed by atoms with Gasteiger partial charge < -0.3 is 5.32 Å². The molecule has 1 aromatic heterocycles. The van der Waals surface area contributed by atoms with E-state index in [1.165, 1.54) is 18.3 Å². The summed E-state index contributed by atoms with van der Waals surface area (Å²) >= 11 is 1.50. The van der Waals surface area contributed by atoms with Gasteiger partial charge in [-0.3, -0.25) is 9.59 Å². The lowest BCUT2D eigenvalue weighted by atomic mass is 10.3. The number of hydrogen-bond acceptors (Lipinski definition) is 3. The Balaban J connectivity index is 2.42. The largest absolute Gasteiger partial charge is 0.325 e. The van der Waals surface area contributed by atoms with Crippen molar-refractivity contribution in [1.82, 2.24) is 0 Å². The van der Waals surface area contributed by atoms with Gasteiger partial charge in [0.1, 0.15) is 5.78 Å². The highest BCUT2D eigenvalue weighted by Crippen LogP contribution is 2.11. The van der Waals surface area contributed by atoms with Crippen molar-refractivity contribution in [3.63, 3.8) is 0 Å². The third kappa shape index (κ3) is 2.84. The predicted octanol–water partition coefficient (Wildman–Crippen LogP) is 1.67. The van der Waals surface area contributed by atoms with Crippen molar-refractivity contribution in [2.24, 2.45) is 0 Å². The van der Waals surface area contributed by atoms with E-state index in [0.29, 0.717) is 0 Å². The van der Waals surface area contributed by atoms with Crippen molar-refractivity contribution in [3.8, 4) is 0 Å². The molecule has 12 heavy (non-hydrogen) atoms. The fourth-order valence-corrected chi connectivity index (χ4v) is 1.35. The maximum absolute atomic E-state index is 11.0. The molecule has 0 aliphatic rings. The molecule has 4 heteroatoms. The van der Waals surface area contributed by atoms with Gasteiger partial charge in [-0.05, 0) is 18.4 Å². The molecule has 0 aliphatic carbocycles. The van der Waals surface area contributed by atoms with Crippen molar-refractivity contribution in [1.29, 1.82) is 0 Å². The van der Waals surface area contributed by atoms with Crippen LogP contribution in [-0.2, 0) is 9.59 Å². The number of carbonyl (C=O) groups is 2. The Labute approximate surface area is 74.4 Å². The second-order valence-corrected chi connectivity index (χ2v) is 3.22. The smallest absolute Gasteiger partial charge is 0.231 e. The highest BCUT2D eigenvalue weighted by atomic mass is 32.1. The van der Waals surface area contributed by atoms with Crippen LogP contribution >= 0.6 is 11.3 Å². The molecule has 0 saturated heterocycles. The Hall–Kier alpha value is -1.16. The van der Waals surface area contributed by atoms with Gasteiger partial charge in [0.05, 0.1) is 12.1 Å². The van der Waals surface area contributed by atoms with E-state index in [2.05, 4.69) is 5.32 Å². The number of nitrogens with one attached hydrogen (secondary N) is 1. The summed E-state index contributed by atoms with van der Waals surface area (Å²) in [5.41, 5.74) is 0.756. The van der Waals surface area contributed by atoms with Crippen LogP contribution in [0.3, 0.4) is 0 Å². The van der Waals surface area contributed by atoms with Crippen LogP contribution in [0.1, 0.15) is 13.3 Å². The summed E-state index contributed by atoms with van der Waals surface area (Å²) in [6, 6.07) is 1.79. The van der Waals surface area contributed by atoms with E-state index in [1.807, 2.05) is 10.8 Å². The number of hydrogen-bond donors (Lipinski definition) is 1. The lowest BCUT2D eigenvalue weighted by Crippen LogP contribution is -2.13. The monoisotopic (exact) mass is 183 g/mol. The van der Waals surface area contributed by atoms with E-state index < -0.39 is 0 Å². The summed E-state index contributed by atoms with van der Waals surface area (Å²) < 4.78 is 0. The molecular formula is C8H9NO2S. The summed E-state index contributed by atoms with van der Waals surface area (Å²) in [4.78, 5) is 21.5. The molecule has 64 valence electrons. The zero-order valence-corrected chi connectivity index (χ0v) is 7.48. The first-order chi connectivity index (χ1) is 5.68. The molecule has 1 heterocycles. The second-order valence-electron chi connectivity index (χ2n) is 2.44. The summed E-state index contributed by atoms with van der Waals surface area (Å²) in [6.45, 7) is 1.40. The molecule has 0 aliphatic heterocycles. The Morgan fingerprint density at radius 3 is 2.83 bits per heavy atom. The van der Waals surface area contributed by atoms with Crippen LogP contribution in [0.2, 0.25) is 0 Å². The Morgan fingerprint density at radius 1 is 1.58 bits per heavy atom. The standard InChI is InChI=1S/C8H9NO2S/c1-6(10)4-8(11)9-7-2-3-12-5-7/h2-3,5H,4H2,1H3,(H,9,11). The van der Waals surface area contributed by atoms with Gasteiger partial charge in [0.25, 0.3) is 0 Å². The molecule has 1 rings (SSSR count). The van der Waals surface area contributed by atoms with Gasteiger partial charge >= 0.3 is 0 Å². The zero-order valence-electron chi connectivity index (χ0n) is 6.66. The molecule has 0 atom stereocenters. The van der Waals surface area contributed by atoms with Gasteiger partial charge in [0.15, 0.2) is 0 Å². The molecule has 1 amide bonds. The predicted molar refractivity (Wildman–Crippen MR) is 48.2 cm³/mol. The molecule has 3 nitrogen and oxygen atoms in total. The minimum atomic E-state index is -0.249. The molecule has 0 aromatic carbocycles. The Bertz CT molecular complexity index is 279. The van der Waals surface area contributed by atoms with Gasteiger partial charge in [-0.1, -0.05) is 0 Å². The number of rotatable bonds is 3. The fraction of sp³-hybridized carbons (Fsp3) is 0.250. The first kappa shape index (κ1) is 8.93. The molecule has 0 bridgehead atoms. The number of amides is 1. The third-order valence-corrected chi connectivity index (χ3v) is 1.90. The lowest BCUT2D eigenvalue weighted by molar-refractivity contribution is -0.124. The maximum Gasteiger partial charge on any atom is 0.231 e. The number of thiophene rings is 1.